The highest BCUT2D eigenvalue weighted by Crippen LogP contribution is 2.37. The fraction of sp³-hybridized carbons (Fsp3) is 0.271. The summed E-state index contributed by atoms with van der Waals surface area (Å²) in [4.78, 5) is 93.9. The van der Waals surface area contributed by atoms with E-state index in [1.165, 1.54) is 29.4 Å². The summed E-state index contributed by atoms with van der Waals surface area (Å²) in [6.45, 7) is 19.4. The Balaban J connectivity index is 0.0000000974. The number of anilines is 7. The summed E-state index contributed by atoms with van der Waals surface area (Å²) < 4.78 is 71.0. The minimum absolute atomic E-state index is 0.00324. The number of aryl methyl sites for hydroxylation is 2. The van der Waals surface area contributed by atoms with Gasteiger partial charge in [-0.2, -0.15) is 11.8 Å². The first-order valence-corrected chi connectivity index (χ1v) is 51.9. The molecule has 7 saturated heterocycles. The zero-order valence-electron chi connectivity index (χ0n) is 81.3. The number of hydrogen-bond acceptors (Lipinski definition) is 28. The summed E-state index contributed by atoms with van der Waals surface area (Å²) >= 11 is 7.50. The number of hydrogen-bond donors (Lipinski definition) is 0. The van der Waals surface area contributed by atoms with Crippen LogP contribution in [0.25, 0.3) is 136 Å². The molecule has 8 aliphatic rings. The Hall–Kier alpha value is -15.1. The van der Waals surface area contributed by atoms with Gasteiger partial charge < -0.3 is 89.2 Å². The summed E-state index contributed by atoms with van der Waals surface area (Å²) in [5.74, 6) is 7.02. The molecule has 0 bridgehead atoms. The number of fused-ring (bicyclic) bond motifs is 20. The zero-order valence-corrected chi connectivity index (χ0v) is 82.9. The first-order valence-electron chi connectivity index (χ1n) is 50.4. The Kier molecular flexibility index (Phi) is 29.3. The van der Waals surface area contributed by atoms with Gasteiger partial charge in [0, 0.05) is 179 Å². The van der Waals surface area contributed by atoms with Crippen molar-refractivity contribution in [3.63, 3.8) is 0 Å². The molecule has 12 aromatic carbocycles. The second-order valence-electron chi connectivity index (χ2n) is 37.1. The van der Waals surface area contributed by atoms with Crippen molar-refractivity contribution in [2.24, 2.45) is 0 Å². The molecule has 15 heterocycles. The SMILES string of the molecule is O=c1cc(N2CCOCC2)nc2c3ccccc3ccn12.O=c1cc(N2CCOCC2)oc2c1ccc1ccccc12.O=c1cc(N2CCOCC2)oc2c3c(ccc12)CCCC3.O=c1cc(N2CCOCC2)oc2cc3ccccc3cc12.O=c1cc(N2CCOCC2)oc2ccc3ccccc3c12.O=c1cc(N2CCSCC2)oc2c1ccc1ccccc12.S=c1cc(N2CCOCC2)oc2c1ccc1ccccc12. The predicted octanol–water partition coefficient (Wildman–Crippen LogP) is 20.2. The molecule has 28 rings (SSSR count). The van der Waals surface area contributed by atoms with Gasteiger partial charge in [0.1, 0.15) is 45.0 Å². The Labute approximate surface area is 852 Å². The first-order chi connectivity index (χ1) is 72.3. The standard InChI is InChI=1S/2C17H15NO3.C17H19NO3.C17H15NO3.2C17H15NO2S.C16H15N3O2/c19-15-11-17(18-5-7-20-8-6-18)21-16-10-13-4-2-1-3-12(13)9-14(15)16;19-14-11-16(18-7-9-20-10-8-18)21-15-6-5-12-3-1-2-4-13(12)17(14)15;2*19-15-11-16(18-7-9-20-10-8-18)21-17-13-4-2-1-3-12(13)5-6-14(15)17;19-15-11-16(18-7-9-21-10-8-18)20-17-13-4-2-1-3-12(13)5-6-14(15)17;21-15-11-16(18-7-9-19-10-8-18)20-17-13-4-2-1-3-12(13)5-6-14(15)17;20-15-11-14(18-7-9-21-10-8-18)17-16-13-4-2-1-3-12(13)5-6-19(15)16/h1-4,9-11H,5-8H2;1-6,11H,7-10H2;5-6,11H,1-4,7-10H2;4*1-6,11H,7-10H2. The second kappa shape index (κ2) is 44.5. The van der Waals surface area contributed by atoms with Crippen LogP contribution in [0.1, 0.15) is 24.0 Å². The van der Waals surface area contributed by atoms with Crippen LogP contribution in [-0.2, 0) is 41.3 Å². The van der Waals surface area contributed by atoms with Gasteiger partial charge in [0.15, 0.2) is 62.4 Å². The molecular weight excluding hydrogens is 1900 g/mol. The average molecular weight is 2010 g/mol. The number of thioether (sulfide) groups is 1. The van der Waals surface area contributed by atoms with E-state index in [0.717, 1.165) is 221 Å². The highest BCUT2D eigenvalue weighted by Gasteiger charge is 2.27. The minimum Gasteiger partial charge on any atom is -0.440 e. The Bertz CT molecular complexity index is 8080. The van der Waals surface area contributed by atoms with Crippen LogP contribution in [0.15, 0.2) is 328 Å². The summed E-state index contributed by atoms with van der Waals surface area (Å²) in [6, 6.07) is 85.1. The highest BCUT2D eigenvalue weighted by atomic mass is 32.2. The Morgan fingerprint density at radius 3 is 1.10 bits per heavy atom. The molecule has 8 aromatic heterocycles. The maximum atomic E-state index is 12.5. The third-order valence-corrected chi connectivity index (χ3v) is 29.3. The van der Waals surface area contributed by atoms with E-state index in [0.29, 0.717) is 150 Å². The molecule has 20 aromatic rings. The van der Waals surface area contributed by atoms with Gasteiger partial charge in [-0.3, -0.25) is 33.2 Å². The van der Waals surface area contributed by atoms with Crippen molar-refractivity contribution in [3.8, 4) is 0 Å². The minimum atomic E-state index is -0.0488. The van der Waals surface area contributed by atoms with Crippen LogP contribution in [0.3, 0.4) is 0 Å². The Morgan fingerprint density at radius 1 is 0.265 bits per heavy atom. The van der Waals surface area contributed by atoms with Gasteiger partial charge in [-0.1, -0.05) is 188 Å². The molecule has 746 valence electrons. The van der Waals surface area contributed by atoms with Gasteiger partial charge in [0.2, 0.25) is 0 Å². The van der Waals surface area contributed by atoms with E-state index in [1.807, 2.05) is 218 Å². The fourth-order valence-corrected chi connectivity index (χ4v) is 21.4. The molecule has 1 aliphatic carbocycles. The number of morpholine rings is 6. The van der Waals surface area contributed by atoms with Gasteiger partial charge in [-0.05, 0) is 128 Å². The van der Waals surface area contributed by atoms with Crippen LogP contribution < -0.4 is 67.0 Å². The molecule has 147 heavy (non-hydrogen) atoms. The van der Waals surface area contributed by atoms with Crippen LogP contribution in [0.2, 0.25) is 0 Å². The lowest BCUT2D eigenvalue weighted by Gasteiger charge is -2.27. The van der Waals surface area contributed by atoms with Crippen LogP contribution in [0.5, 0.6) is 0 Å². The van der Waals surface area contributed by atoms with Crippen molar-refractivity contribution < 1.29 is 54.9 Å². The number of ether oxygens (including phenoxy) is 6. The van der Waals surface area contributed by atoms with Crippen LogP contribution in [0.4, 0.5) is 41.1 Å². The Morgan fingerprint density at radius 2 is 0.612 bits per heavy atom. The molecule has 0 amide bonds. The van der Waals surface area contributed by atoms with E-state index in [-0.39, 0.29) is 32.7 Å². The predicted molar refractivity (Wildman–Crippen MR) is 590 cm³/mol. The molecule has 0 radical (unpaired) electrons. The molecule has 0 saturated carbocycles. The average Bonchev–Trinajstić information content (AvgIpc) is 0.758. The van der Waals surface area contributed by atoms with Crippen LogP contribution in [-0.4, -0.2) is 192 Å². The van der Waals surface area contributed by atoms with Gasteiger partial charge in [0.05, 0.1) is 111 Å². The van der Waals surface area contributed by atoms with E-state index in [1.54, 1.807) is 47.0 Å². The maximum absolute atomic E-state index is 12.5. The first kappa shape index (κ1) is 96.7. The lowest BCUT2D eigenvalue weighted by atomic mass is 9.90. The number of pyridine rings is 1. The van der Waals surface area contributed by atoms with Gasteiger partial charge in [-0.25, -0.2) is 4.98 Å². The molecule has 27 nitrogen and oxygen atoms in total. The molecule has 7 aliphatic heterocycles. The number of nitrogens with zero attached hydrogens (tertiary/aromatic N) is 9. The van der Waals surface area contributed by atoms with E-state index in [9.17, 15) is 28.8 Å². The molecule has 0 unspecified atom stereocenters. The second-order valence-corrected chi connectivity index (χ2v) is 38.7. The van der Waals surface area contributed by atoms with E-state index >= 15 is 0 Å². The van der Waals surface area contributed by atoms with Crippen molar-refractivity contribution in [2.75, 3.05) is 217 Å². The van der Waals surface area contributed by atoms with Crippen LogP contribution in [0, 0.1) is 4.51 Å². The van der Waals surface area contributed by atoms with Crippen molar-refractivity contribution >= 4 is 201 Å². The number of benzene rings is 12. The molecule has 7 fully saturated rings. The van der Waals surface area contributed by atoms with E-state index in [2.05, 4.69) is 58.6 Å². The van der Waals surface area contributed by atoms with E-state index in [4.69, 9.17) is 72.1 Å². The largest absolute Gasteiger partial charge is 0.440 e. The number of aromatic nitrogens is 2. The van der Waals surface area contributed by atoms with Gasteiger partial charge >= 0.3 is 0 Å². The third-order valence-electron chi connectivity index (χ3n) is 28.0. The quantitative estimate of drug-likeness (QED) is 0.0814. The molecule has 29 heteroatoms. The van der Waals surface area contributed by atoms with Crippen molar-refractivity contribution in [1.29, 1.82) is 0 Å². The monoisotopic (exact) mass is 2000 g/mol. The van der Waals surface area contributed by atoms with Crippen molar-refractivity contribution in [1.82, 2.24) is 9.38 Å². The van der Waals surface area contributed by atoms with Crippen molar-refractivity contribution in [3.05, 3.63) is 350 Å². The highest BCUT2D eigenvalue weighted by molar-refractivity contribution is 7.99. The molecule has 0 atom stereocenters. The molecular formula is C118H109N9O18S2. The summed E-state index contributed by atoms with van der Waals surface area (Å²) in [7, 11) is 0. The smallest absolute Gasteiger partial charge is 0.259 e. The summed E-state index contributed by atoms with van der Waals surface area (Å²) in [5.41, 5.74) is 7.70. The molecule has 0 spiro atoms. The van der Waals surface area contributed by atoms with Crippen molar-refractivity contribution in [2.45, 2.75) is 25.7 Å². The van der Waals surface area contributed by atoms with Gasteiger partial charge in [0.25, 0.3) is 5.56 Å². The third kappa shape index (κ3) is 21.3. The summed E-state index contributed by atoms with van der Waals surface area (Å²) in [5, 5.41) is 16.9. The topological polar surface area (TPSA) is 277 Å². The lowest BCUT2D eigenvalue weighted by Crippen LogP contribution is -2.37. The fourth-order valence-electron chi connectivity index (χ4n) is 20.2. The van der Waals surface area contributed by atoms with E-state index < -0.39 is 0 Å². The lowest BCUT2D eigenvalue weighted by molar-refractivity contribution is 0.120. The van der Waals surface area contributed by atoms with Crippen LogP contribution >= 0.6 is 24.0 Å². The summed E-state index contributed by atoms with van der Waals surface area (Å²) in [6.07, 6.45) is 6.30. The number of rotatable bonds is 7. The van der Waals surface area contributed by atoms with Gasteiger partial charge in [-0.15, -0.1) is 0 Å². The normalized spacial score (nSPS) is 16.1. The maximum Gasteiger partial charge on any atom is 0.259 e. The zero-order chi connectivity index (χ0) is 99.6. The molecule has 0 N–H and O–H groups in total.